The summed E-state index contributed by atoms with van der Waals surface area (Å²) < 4.78 is 19.1. The second-order valence-corrected chi connectivity index (χ2v) is 8.56. The van der Waals surface area contributed by atoms with E-state index in [0.29, 0.717) is 12.5 Å². The number of nitrogens with one attached hydrogen (secondary N) is 1. The summed E-state index contributed by atoms with van der Waals surface area (Å²) in [6.07, 6.45) is 4.61. The van der Waals surface area contributed by atoms with E-state index in [0.717, 1.165) is 58.8 Å². The number of ether oxygens (including phenoxy) is 3. The molecule has 3 rings (SSSR count). The molecule has 0 saturated heterocycles. The van der Waals surface area contributed by atoms with E-state index < -0.39 is 0 Å². The average molecular weight is 395 g/mol. The van der Waals surface area contributed by atoms with Crippen molar-refractivity contribution in [2.24, 2.45) is 5.41 Å². The Hall–Kier alpha value is -0.990. The maximum atomic E-state index is 5.80. The van der Waals surface area contributed by atoms with Gasteiger partial charge in [0.15, 0.2) is 0 Å². The number of likely N-dealkylation sites (N-methyl/N-ethyl adjacent to an activating group) is 2. The monoisotopic (exact) mass is 394 g/mol. The Bertz CT molecular complexity index is 603. The van der Waals surface area contributed by atoms with Crippen LogP contribution in [0.15, 0.2) is 0 Å². The third-order valence-corrected chi connectivity index (χ3v) is 6.38. The van der Waals surface area contributed by atoms with Crippen LogP contribution in [0.25, 0.3) is 0 Å². The number of hydrogen-bond donors (Lipinski definition) is 1. The highest BCUT2D eigenvalue weighted by molar-refractivity contribution is 5.31. The molecular formula is C21H38N4O3. The minimum absolute atomic E-state index is 0.160. The first-order valence-electron chi connectivity index (χ1n) is 10.6. The van der Waals surface area contributed by atoms with Gasteiger partial charge in [-0.25, -0.2) is 0 Å². The summed E-state index contributed by atoms with van der Waals surface area (Å²) >= 11 is 0. The Morgan fingerprint density at radius 2 is 1.96 bits per heavy atom. The fourth-order valence-corrected chi connectivity index (χ4v) is 4.91. The highest BCUT2D eigenvalue weighted by Crippen LogP contribution is 2.45. The molecule has 7 nitrogen and oxygen atoms in total. The van der Waals surface area contributed by atoms with Crippen molar-refractivity contribution < 1.29 is 14.2 Å². The quantitative estimate of drug-likeness (QED) is 0.655. The molecule has 0 radical (unpaired) electrons. The van der Waals surface area contributed by atoms with E-state index in [4.69, 9.17) is 19.3 Å². The third-order valence-electron chi connectivity index (χ3n) is 6.38. The molecule has 1 aromatic rings. The topological polar surface area (TPSA) is 60.8 Å². The van der Waals surface area contributed by atoms with E-state index in [1.807, 2.05) is 7.05 Å². The first kappa shape index (κ1) is 21.7. The standard InChI is InChI=1S/C21H38N4O3/c1-22-9-10-24(2)13-18-20(19-14-28-12-11-25(19)23-18)17-5-7-21(8-6-17,15-26-3)16-27-4/h17,22H,5-16H2,1-4H3. The molecule has 1 fully saturated rings. The summed E-state index contributed by atoms with van der Waals surface area (Å²) in [6, 6.07) is 0. The van der Waals surface area contributed by atoms with Gasteiger partial charge in [0, 0.05) is 44.8 Å². The van der Waals surface area contributed by atoms with Crippen molar-refractivity contribution in [2.75, 3.05) is 61.2 Å². The van der Waals surface area contributed by atoms with Crippen molar-refractivity contribution in [1.82, 2.24) is 20.0 Å². The predicted molar refractivity (Wildman–Crippen MR) is 110 cm³/mol. The molecule has 0 amide bonds. The number of hydrogen-bond acceptors (Lipinski definition) is 6. The van der Waals surface area contributed by atoms with Gasteiger partial charge in [0.25, 0.3) is 0 Å². The van der Waals surface area contributed by atoms with Crippen LogP contribution in [0.1, 0.15) is 48.6 Å². The van der Waals surface area contributed by atoms with Gasteiger partial charge >= 0.3 is 0 Å². The first-order chi connectivity index (χ1) is 13.6. The summed E-state index contributed by atoms with van der Waals surface area (Å²) in [7, 11) is 7.78. The van der Waals surface area contributed by atoms with E-state index in [9.17, 15) is 0 Å². The first-order valence-corrected chi connectivity index (χ1v) is 10.6. The van der Waals surface area contributed by atoms with Gasteiger partial charge in [-0.05, 0) is 45.7 Å². The summed E-state index contributed by atoms with van der Waals surface area (Å²) in [4.78, 5) is 2.36. The van der Waals surface area contributed by atoms with Crippen molar-refractivity contribution in [3.05, 3.63) is 17.0 Å². The number of aromatic nitrogens is 2. The van der Waals surface area contributed by atoms with E-state index in [2.05, 4.69) is 21.9 Å². The molecule has 0 aromatic carbocycles. The highest BCUT2D eigenvalue weighted by Gasteiger charge is 2.38. The van der Waals surface area contributed by atoms with Gasteiger partial charge in [-0.15, -0.1) is 0 Å². The van der Waals surface area contributed by atoms with Crippen LogP contribution in [-0.2, 0) is 33.9 Å². The van der Waals surface area contributed by atoms with Crippen LogP contribution in [0.2, 0.25) is 0 Å². The summed E-state index contributed by atoms with van der Waals surface area (Å²) in [5.74, 6) is 0.556. The van der Waals surface area contributed by atoms with Crippen molar-refractivity contribution >= 4 is 0 Å². The van der Waals surface area contributed by atoms with Crippen LogP contribution in [0.3, 0.4) is 0 Å². The molecule has 7 heteroatoms. The van der Waals surface area contributed by atoms with Gasteiger partial charge in [-0.2, -0.15) is 5.10 Å². The van der Waals surface area contributed by atoms with E-state index in [-0.39, 0.29) is 5.41 Å². The third kappa shape index (κ3) is 4.94. The largest absolute Gasteiger partial charge is 0.384 e. The second-order valence-electron chi connectivity index (χ2n) is 8.56. The van der Waals surface area contributed by atoms with Gasteiger partial charge in [0.05, 0.1) is 44.4 Å². The smallest absolute Gasteiger partial charge is 0.0888 e. The fraction of sp³-hybridized carbons (Fsp3) is 0.857. The Labute approximate surface area is 169 Å². The zero-order valence-corrected chi connectivity index (χ0v) is 18.1. The van der Waals surface area contributed by atoms with Crippen molar-refractivity contribution in [3.63, 3.8) is 0 Å². The molecule has 160 valence electrons. The molecule has 0 atom stereocenters. The lowest BCUT2D eigenvalue weighted by Crippen LogP contribution is -2.36. The normalized spacial score (nSPS) is 19.9. The van der Waals surface area contributed by atoms with Crippen LogP contribution in [0.5, 0.6) is 0 Å². The Kier molecular flexibility index (Phi) is 7.88. The Balaban J connectivity index is 1.78. The second kappa shape index (κ2) is 10.2. The highest BCUT2D eigenvalue weighted by atomic mass is 16.5. The van der Waals surface area contributed by atoms with Crippen LogP contribution in [0, 0.1) is 5.41 Å². The van der Waals surface area contributed by atoms with E-state index >= 15 is 0 Å². The maximum Gasteiger partial charge on any atom is 0.0888 e. The minimum Gasteiger partial charge on any atom is -0.384 e. The van der Waals surface area contributed by atoms with Crippen LogP contribution in [-0.4, -0.2) is 75.9 Å². The zero-order valence-electron chi connectivity index (χ0n) is 18.1. The molecular weight excluding hydrogens is 356 g/mol. The number of nitrogens with zero attached hydrogens (tertiary/aromatic N) is 3. The van der Waals surface area contributed by atoms with Crippen LogP contribution in [0.4, 0.5) is 0 Å². The van der Waals surface area contributed by atoms with Gasteiger partial charge < -0.3 is 19.5 Å². The predicted octanol–water partition coefficient (Wildman–Crippen LogP) is 2.00. The molecule has 1 aliphatic heterocycles. The summed E-state index contributed by atoms with van der Waals surface area (Å²) in [6.45, 7) is 6.79. The summed E-state index contributed by atoms with van der Waals surface area (Å²) in [5.41, 5.74) is 4.17. The molecule has 0 unspecified atom stereocenters. The van der Waals surface area contributed by atoms with E-state index in [1.165, 1.54) is 29.8 Å². The number of fused-ring (bicyclic) bond motifs is 1. The Morgan fingerprint density at radius 1 is 1.25 bits per heavy atom. The zero-order chi connectivity index (χ0) is 20.0. The van der Waals surface area contributed by atoms with Gasteiger partial charge in [0.1, 0.15) is 0 Å². The number of rotatable bonds is 10. The van der Waals surface area contributed by atoms with Crippen molar-refractivity contribution in [3.8, 4) is 0 Å². The lowest BCUT2D eigenvalue weighted by atomic mass is 9.69. The fourth-order valence-electron chi connectivity index (χ4n) is 4.91. The van der Waals surface area contributed by atoms with Crippen LogP contribution < -0.4 is 5.32 Å². The van der Waals surface area contributed by atoms with Gasteiger partial charge in [-0.3, -0.25) is 9.58 Å². The van der Waals surface area contributed by atoms with Crippen molar-refractivity contribution in [2.45, 2.75) is 51.3 Å². The minimum atomic E-state index is 0.160. The molecule has 2 heterocycles. The molecule has 1 saturated carbocycles. The van der Waals surface area contributed by atoms with Gasteiger partial charge in [0.2, 0.25) is 0 Å². The lowest BCUT2D eigenvalue weighted by Gasteiger charge is -2.39. The van der Waals surface area contributed by atoms with E-state index in [1.54, 1.807) is 14.2 Å². The maximum absolute atomic E-state index is 5.80. The molecule has 1 aliphatic carbocycles. The van der Waals surface area contributed by atoms with Gasteiger partial charge in [-0.1, -0.05) is 0 Å². The van der Waals surface area contributed by atoms with Crippen molar-refractivity contribution in [1.29, 1.82) is 0 Å². The lowest BCUT2D eigenvalue weighted by molar-refractivity contribution is -0.0172. The molecule has 1 N–H and O–H groups in total. The molecule has 0 bridgehead atoms. The summed E-state index contributed by atoms with van der Waals surface area (Å²) in [5, 5.41) is 8.24. The molecule has 2 aliphatic rings. The molecule has 28 heavy (non-hydrogen) atoms. The number of methoxy groups -OCH3 is 2. The van der Waals surface area contributed by atoms with Crippen LogP contribution >= 0.6 is 0 Å². The Morgan fingerprint density at radius 3 is 2.61 bits per heavy atom. The average Bonchev–Trinajstić information content (AvgIpc) is 3.05. The molecule has 0 spiro atoms. The molecule has 1 aromatic heterocycles. The SMILES string of the molecule is CNCCN(C)Cc1nn2c(c1C1CCC(COC)(COC)CC1)COCC2.